The van der Waals surface area contributed by atoms with Gasteiger partial charge in [0.05, 0.1) is 0 Å². The van der Waals surface area contributed by atoms with Crippen molar-refractivity contribution in [2.45, 2.75) is 53.7 Å². The summed E-state index contributed by atoms with van der Waals surface area (Å²) in [5, 5.41) is 11.0. The first-order valence-corrected chi connectivity index (χ1v) is 11.5. The zero-order valence-corrected chi connectivity index (χ0v) is 17.1. The molecule has 0 atom stereocenters. The second-order valence-electron chi connectivity index (χ2n) is 6.25. The number of fused-ring (bicyclic) bond motifs is 3. The number of aryl methyl sites for hydroxylation is 3. The molecule has 3 aromatic rings. The van der Waals surface area contributed by atoms with Gasteiger partial charge in [-0.15, -0.1) is 21.5 Å². The zero-order valence-electron chi connectivity index (χ0n) is 13.8. The van der Waals surface area contributed by atoms with Crippen LogP contribution in [0, 0.1) is 12.8 Å². The largest absolute Gasteiger partial charge is 0.226 e. The molecule has 1 aliphatic carbocycles. The topological polar surface area (TPSA) is 51.6 Å². The summed E-state index contributed by atoms with van der Waals surface area (Å²) < 4.78 is 2.02. The number of hydrogen-bond donors (Lipinski definition) is 0. The maximum atomic E-state index is 4.72. The molecule has 3 heterocycles. The van der Waals surface area contributed by atoms with E-state index in [1.807, 2.05) is 18.3 Å². The minimum absolute atomic E-state index is 0.660. The predicted molar refractivity (Wildman–Crippen MR) is 104 cm³/mol. The molecule has 4 rings (SSSR count). The van der Waals surface area contributed by atoms with E-state index in [9.17, 15) is 0 Å². The summed E-state index contributed by atoms with van der Waals surface area (Å²) in [6.45, 7) is 6.42. The molecule has 24 heavy (non-hydrogen) atoms. The van der Waals surface area contributed by atoms with Crippen molar-refractivity contribution in [3.8, 4) is 0 Å². The first-order valence-electron chi connectivity index (χ1n) is 8.03. The van der Waals surface area contributed by atoms with E-state index in [1.54, 1.807) is 34.9 Å². The van der Waals surface area contributed by atoms with Gasteiger partial charge in [0, 0.05) is 16.0 Å². The molecule has 8 heteroatoms. The average Bonchev–Trinajstić information content (AvgIpc) is 3.20. The van der Waals surface area contributed by atoms with E-state index in [0.29, 0.717) is 5.92 Å². The van der Waals surface area contributed by atoms with Crippen LogP contribution in [-0.4, -0.2) is 25.9 Å². The second kappa shape index (κ2) is 6.90. The normalized spacial score (nSPS) is 14.0. The molecule has 0 N–H and O–H groups in total. The third-order valence-electron chi connectivity index (χ3n) is 3.76. The summed E-state index contributed by atoms with van der Waals surface area (Å²) in [7, 11) is 0. The lowest BCUT2D eigenvalue weighted by atomic mass is 10.2. The first kappa shape index (κ1) is 16.8. The van der Waals surface area contributed by atoms with Gasteiger partial charge in [-0.2, -0.15) is 0 Å². The third kappa shape index (κ3) is 3.34. The first-order chi connectivity index (χ1) is 11.6. The minimum atomic E-state index is 0.660. The van der Waals surface area contributed by atoms with E-state index < -0.39 is 0 Å². The molecule has 0 unspecified atom stereocenters. The van der Waals surface area contributed by atoms with Gasteiger partial charge < -0.3 is 0 Å². The smallest absolute Gasteiger partial charge is 0.181 e. The monoisotopic (exact) mass is 394 g/mol. The fourth-order valence-corrected chi connectivity index (χ4v) is 7.24. The number of hydrogen-bond acceptors (Lipinski definition) is 8. The van der Waals surface area contributed by atoms with Crippen LogP contribution in [-0.2, 0) is 12.8 Å². The van der Waals surface area contributed by atoms with E-state index in [1.165, 1.54) is 28.7 Å². The van der Waals surface area contributed by atoms with Crippen LogP contribution >= 0.6 is 46.2 Å². The van der Waals surface area contributed by atoms with E-state index in [-0.39, 0.29) is 0 Å². The second-order valence-corrected chi connectivity index (χ2v) is 10.8. The van der Waals surface area contributed by atoms with Crippen LogP contribution in [0.4, 0.5) is 0 Å². The Hall–Kier alpha value is -0.700. The van der Waals surface area contributed by atoms with Gasteiger partial charge in [0.1, 0.15) is 15.7 Å². The molecule has 4 nitrogen and oxygen atoms in total. The molecule has 0 spiro atoms. The molecule has 0 amide bonds. The number of aromatic nitrogens is 4. The number of thioether (sulfide) groups is 1. The van der Waals surface area contributed by atoms with Crippen molar-refractivity contribution in [1.82, 2.24) is 20.2 Å². The number of thiophene rings is 1. The lowest BCUT2D eigenvalue weighted by Gasteiger charge is -2.03. The summed E-state index contributed by atoms with van der Waals surface area (Å²) in [5.74, 6) is 2.57. The highest BCUT2D eigenvalue weighted by molar-refractivity contribution is 8.03. The zero-order chi connectivity index (χ0) is 16.7. The Morgan fingerprint density at radius 1 is 1.08 bits per heavy atom. The van der Waals surface area contributed by atoms with Crippen LogP contribution in [0.25, 0.3) is 10.2 Å². The molecule has 0 saturated carbocycles. The van der Waals surface area contributed by atoms with Gasteiger partial charge in [-0.3, -0.25) is 0 Å². The van der Waals surface area contributed by atoms with E-state index >= 15 is 0 Å². The number of rotatable bonds is 5. The SMILES string of the molecule is Cc1nc(Sc2nnc(SCC(C)C)s2)c2c3c(sc2n1)CCC3. The van der Waals surface area contributed by atoms with Gasteiger partial charge in [-0.05, 0) is 49.4 Å². The van der Waals surface area contributed by atoms with Crippen LogP contribution in [0.15, 0.2) is 13.7 Å². The molecule has 0 radical (unpaired) electrons. The van der Waals surface area contributed by atoms with Gasteiger partial charge in [0.15, 0.2) is 8.68 Å². The predicted octanol–water partition coefficient (Wildman–Crippen LogP) is 5.24. The molecular formula is C16H18N4S4. The summed E-state index contributed by atoms with van der Waals surface area (Å²) in [5.41, 5.74) is 1.47. The molecule has 0 saturated heterocycles. The molecule has 0 fully saturated rings. The Morgan fingerprint density at radius 2 is 1.92 bits per heavy atom. The van der Waals surface area contributed by atoms with Crippen LogP contribution in [0.5, 0.6) is 0 Å². The van der Waals surface area contributed by atoms with Crippen LogP contribution in [0.1, 0.15) is 36.5 Å². The van der Waals surface area contributed by atoms with Crippen LogP contribution in [0.3, 0.4) is 0 Å². The fourth-order valence-electron chi connectivity index (χ4n) is 2.76. The minimum Gasteiger partial charge on any atom is -0.226 e. The van der Waals surface area contributed by atoms with Crippen molar-refractivity contribution in [1.29, 1.82) is 0 Å². The van der Waals surface area contributed by atoms with Crippen molar-refractivity contribution in [2.75, 3.05) is 5.75 Å². The molecule has 0 aromatic carbocycles. The fraction of sp³-hybridized carbons (Fsp3) is 0.500. The highest BCUT2D eigenvalue weighted by Gasteiger charge is 2.23. The van der Waals surface area contributed by atoms with E-state index in [0.717, 1.165) is 36.5 Å². The van der Waals surface area contributed by atoms with Gasteiger partial charge >= 0.3 is 0 Å². The molecule has 126 valence electrons. The molecular weight excluding hydrogens is 376 g/mol. The van der Waals surface area contributed by atoms with Crippen molar-refractivity contribution in [3.63, 3.8) is 0 Å². The molecule has 0 bridgehead atoms. The Balaban J connectivity index is 1.65. The molecule has 1 aliphatic rings. The number of nitrogens with zero attached hydrogens (tertiary/aromatic N) is 4. The third-order valence-corrected chi connectivity index (χ3v) is 8.46. The standard InChI is InChI=1S/C16H18N4S4/c1-8(2)7-21-15-19-20-16(24-15)23-14-12-10-5-4-6-11(10)22-13(12)17-9(3)18-14/h8H,4-7H2,1-3H3. The Bertz CT molecular complexity index is 884. The Morgan fingerprint density at radius 3 is 2.75 bits per heavy atom. The molecule has 0 aliphatic heterocycles. The van der Waals surface area contributed by atoms with Crippen molar-refractivity contribution < 1.29 is 0 Å². The van der Waals surface area contributed by atoms with Crippen molar-refractivity contribution >= 4 is 56.4 Å². The maximum absolute atomic E-state index is 4.72. The Kier molecular flexibility index (Phi) is 4.81. The van der Waals surface area contributed by atoms with E-state index in [2.05, 4.69) is 29.0 Å². The lowest BCUT2D eigenvalue weighted by molar-refractivity contribution is 0.749. The van der Waals surface area contributed by atoms with Crippen LogP contribution < -0.4 is 0 Å². The van der Waals surface area contributed by atoms with Gasteiger partial charge in [-0.25, -0.2) is 9.97 Å². The summed E-state index contributed by atoms with van der Waals surface area (Å²) in [4.78, 5) is 12.0. The highest BCUT2D eigenvalue weighted by Crippen LogP contribution is 2.43. The molecule has 3 aromatic heterocycles. The van der Waals surface area contributed by atoms with Gasteiger partial charge in [0.2, 0.25) is 0 Å². The quantitative estimate of drug-likeness (QED) is 0.436. The highest BCUT2D eigenvalue weighted by atomic mass is 32.2. The maximum Gasteiger partial charge on any atom is 0.181 e. The van der Waals surface area contributed by atoms with Crippen LogP contribution in [0.2, 0.25) is 0 Å². The Labute approximate surface area is 157 Å². The van der Waals surface area contributed by atoms with Gasteiger partial charge in [-0.1, -0.05) is 36.9 Å². The van der Waals surface area contributed by atoms with Crippen molar-refractivity contribution in [3.05, 3.63) is 16.3 Å². The van der Waals surface area contributed by atoms with Gasteiger partial charge in [0.25, 0.3) is 0 Å². The van der Waals surface area contributed by atoms with Crippen molar-refractivity contribution in [2.24, 2.45) is 5.92 Å². The summed E-state index contributed by atoms with van der Waals surface area (Å²) in [6.07, 6.45) is 3.60. The summed E-state index contributed by atoms with van der Waals surface area (Å²) in [6, 6.07) is 0. The average molecular weight is 395 g/mol. The van der Waals surface area contributed by atoms with E-state index in [4.69, 9.17) is 4.98 Å². The summed E-state index contributed by atoms with van der Waals surface area (Å²) >= 11 is 6.94. The lowest BCUT2D eigenvalue weighted by Crippen LogP contribution is -1.92.